The Balaban J connectivity index is 1.60. The van der Waals surface area contributed by atoms with Gasteiger partial charge in [0.15, 0.2) is 5.78 Å². The zero-order valence-electron chi connectivity index (χ0n) is 12.9. The highest BCUT2D eigenvalue weighted by molar-refractivity contribution is 5.98. The van der Waals surface area contributed by atoms with Gasteiger partial charge in [-0.15, -0.1) is 0 Å². The summed E-state index contributed by atoms with van der Waals surface area (Å²) in [6, 6.07) is 16.0. The molecule has 0 bridgehead atoms. The zero-order valence-corrected chi connectivity index (χ0v) is 12.9. The molecule has 2 aromatic carbocycles. The summed E-state index contributed by atoms with van der Waals surface area (Å²) in [4.78, 5) is 14.8. The molecule has 1 heterocycles. The van der Waals surface area contributed by atoms with Gasteiger partial charge in [0.05, 0.1) is 12.7 Å². The van der Waals surface area contributed by atoms with E-state index in [0.717, 1.165) is 26.1 Å². The SMILES string of the molecule is COc1ccccc1C(=O)CCN1CCc2ccccc2C1. The van der Waals surface area contributed by atoms with Gasteiger partial charge in [0.25, 0.3) is 0 Å². The van der Waals surface area contributed by atoms with Crippen LogP contribution in [0.1, 0.15) is 27.9 Å². The molecule has 0 N–H and O–H groups in total. The second kappa shape index (κ2) is 6.75. The van der Waals surface area contributed by atoms with Crippen molar-refractivity contribution in [2.75, 3.05) is 20.2 Å². The number of nitrogens with zero attached hydrogens (tertiary/aromatic N) is 1. The van der Waals surface area contributed by atoms with E-state index in [9.17, 15) is 4.79 Å². The van der Waals surface area contributed by atoms with Crippen LogP contribution in [0.15, 0.2) is 48.5 Å². The molecule has 0 fully saturated rings. The van der Waals surface area contributed by atoms with Crippen LogP contribution in [0.4, 0.5) is 0 Å². The minimum absolute atomic E-state index is 0.149. The maximum atomic E-state index is 12.4. The van der Waals surface area contributed by atoms with Crippen molar-refractivity contribution in [3.63, 3.8) is 0 Å². The largest absolute Gasteiger partial charge is 0.496 e. The van der Waals surface area contributed by atoms with Crippen molar-refractivity contribution in [3.05, 3.63) is 65.2 Å². The number of ketones is 1. The van der Waals surface area contributed by atoms with Gasteiger partial charge in [0.2, 0.25) is 0 Å². The minimum Gasteiger partial charge on any atom is -0.496 e. The summed E-state index contributed by atoms with van der Waals surface area (Å²) in [6.07, 6.45) is 1.60. The Labute approximate surface area is 131 Å². The molecule has 3 nitrogen and oxygen atoms in total. The number of hydrogen-bond acceptors (Lipinski definition) is 3. The Morgan fingerprint density at radius 1 is 1.09 bits per heavy atom. The lowest BCUT2D eigenvalue weighted by Crippen LogP contribution is -2.32. The topological polar surface area (TPSA) is 29.5 Å². The Morgan fingerprint density at radius 2 is 1.82 bits per heavy atom. The fraction of sp³-hybridized carbons (Fsp3) is 0.316. The average Bonchev–Trinajstić information content (AvgIpc) is 2.59. The first kappa shape index (κ1) is 14.8. The third kappa shape index (κ3) is 3.20. The van der Waals surface area contributed by atoms with Crippen LogP contribution in [0.2, 0.25) is 0 Å². The number of fused-ring (bicyclic) bond motifs is 1. The molecule has 114 valence electrons. The van der Waals surface area contributed by atoms with Crippen LogP contribution in [0.5, 0.6) is 5.75 Å². The molecule has 0 saturated carbocycles. The van der Waals surface area contributed by atoms with Crippen LogP contribution in [0, 0.1) is 0 Å². The summed E-state index contributed by atoms with van der Waals surface area (Å²) in [7, 11) is 1.60. The quantitative estimate of drug-likeness (QED) is 0.792. The number of para-hydroxylation sites is 1. The minimum atomic E-state index is 0.149. The molecule has 1 aliphatic rings. The molecular formula is C19H21NO2. The zero-order chi connectivity index (χ0) is 15.4. The molecular weight excluding hydrogens is 274 g/mol. The van der Waals surface area contributed by atoms with Crippen LogP contribution in [0.25, 0.3) is 0 Å². The molecule has 3 heteroatoms. The number of hydrogen-bond donors (Lipinski definition) is 0. The van der Waals surface area contributed by atoms with E-state index < -0.39 is 0 Å². The highest BCUT2D eigenvalue weighted by atomic mass is 16.5. The first-order chi connectivity index (χ1) is 10.8. The van der Waals surface area contributed by atoms with E-state index in [-0.39, 0.29) is 5.78 Å². The summed E-state index contributed by atoms with van der Waals surface area (Å²) in [6.45, 7) is 2.76. The molecule has 0 amide bonds. The van der Waals surface area contributed by atoms with E-state index in [4.69, 9.17) is 4.74 Å². The maximum Gasteiger partial charge on any atom is 0.167 e. The summed E-state index contributed by atoms with van der Waals surface area (Å²) in [5, 5.41) is 0. The van der Waals surface area contributed by atoms with Gasteiger partial charge < -0.3 is 4.74 Å². The van der Waals surface area contributed by atoms with Crippen molar-refractivity contribution in [1.29, 1.82) is 0 Å². The van der Waals surface area contributed by atoms with Crippen LogP contribution in [-0.2, 0) is 13.0 Å². The lowest BCUT2D eigenvalue weighted by atomic mass is 9.99. The van der Waals surface area contributed by atoms with Gasteiger partial charge in [-0.05, 0) is 29.7 Å². The highest BCUT2D eigenvalue weighted by Gasteiger charge is 2.18. The predicted molar refractivity (Wildman–Crippen MR) is 87.4 cm³/mol. The normalized spacial score (nSPS) is 14.4. The molecule has 0 aromatic heterocycles. The van der Waals surface area contributed by atoms with E-state index in [2.05, 4.69) is 29.2 Å². The van der Waals surface area contributed by atoms with E-state index >= 15 is 0 Å². The number of ether oxygens (including phenoxy) is 1. The Hall–Kier alpha value is -2.13. The molecule has 0 spiro atoms. The fourth-order valence-electron chi connectivity index (χ4n) is 3.01. The second-order valence-corrected chi connectivity index (χ2v) is 5.67. The standard InChI is InChI=1S/C19H21NO2/c1-22-19-9-5-4-8-17(19)18(21)11-13-20-12-10-15-6-2-3-7-16(15)14-20/h2-9H,10-14H2,1H3. The summed E-state index contributed by atoms with van der Waals surface area (Å²) in [5.74, 6) is 0.813. The van der Waals surface area contributed by atoms with Gasteiger partial charge in [-0.2, -0.15) is 0 Å². The monoisotopic (exact) mass is 295 g/mol. The van der Waals surface area contributed by atoms with E-state index in [1.165, 1.54) is 11.1 Å². The number of rotatable bonds is 5. The van der Waals surface area contributed by atoms with Crippen molar-refractivity contribution >= 4 is 5.78 Å². The maximum absolute atomic E-state index is 12.4. The van der Waals surface area contributed by atoms with Gasteiger partial charge in [-0.1, -0.05) is 36.4 Å². The third-order valence-electron chi connectivity index (χ3n) is 4.27. The first-order valence-electron chi connectivity index (χ1n) is 7.73. The lowest BCUT2D eigenvalue weighted by Gasteiger charge is -2.28. The van der Waals surface area contributed by atoms with Crippen molar-refractivity contribution in [2.45, 2.75) is 19.4 Å². The fourth-order valence-corrected chi connectivity index (χ4v) is 3.01. The molecule has 22 heavy (non-hydrogen) atoms. The molecule has 1 aliphatic heterocycles. The van der Waals surface area contributed by atoms with Crippen molar-refractivity contribution in [1.82, 2.24) is 4.90 Å². The summed E-state index contributed by atoms with van der Waals surface area (Å²) in [5.41, 5.74) is 3.51. The van der Waals surface area contributed by atoms with E-state index in [1.54, 1.807) is 7.11 Å². The number of Topliss-reactive ketones (excluding diaryl/α,β-unsaturated/α-hetero) is 1. The van der Waals surface area contributed by atoms with Crippen molar-refractivity contribution in [2.24, 2.45) is 0 Å². The number of methoxy groups -OCH3 is 1. The van der Waals surface area contributed by atoms with Gasteiger partial charge in [0, 0.05) is 26.1 Å². The van der Waals surface area contributed by atoms with Gasteiger partial charge in [-0.3, -0.25) is 9.69 Å². The number of benzene rings is 2. The van der Waals surface area contributed by atoms with Crippen LogP contribution >= 0.6 is 0 Å². The number of carbonyl (C=O) groups is 1. The van der Waals surface area contributed by atoms with Crippen LogP contribution < -0.4 is 4.74 Å². The Bertz CT molecular complexity index is 666. The molecule has 2 aromatic rings. The summed E-state index contributed by atoms with van der Waals surface area (Å²) < 4.78 is 5.27. The molecule has 0 unspecified atom stereocenters. The van der Waals surface area contributed by atoms with Gasteiger partial charge >= 0.3 is 0 Å². The first-order valence-corrected chi connectivity index (χ1v) is 7.73. The summed E-state index contributed by atoms with van der Waals surface area (Å²) >= 11 is 0. The van der Waals surface area contributed by atoms with E-state index in [1.807, 2.05) is 24.3 Å². The Kier molecular flexibility index (Phi) is 4.54. The van der Waals surface area contributed by atoms with Crippen LogP contribution in [0.3, 0.4) is 0 Å². The lowest BCUT2D eigenvalue weighted by molar-refractivity contribution is 0.0958. The predicted octanol–water partition coefficient (Wildman–Crippen LogP) is 3.33. The third-order valence-corrected chi connectivity index (χ3v) is 4.27. The van der Waals surface area contributed by atoms with Gasteiger partial charge in [0.1, 0.15) is 5.75 Å². The molecule has 0 atom stereocenters. The Morgan fingerprint density at radius 3 is 2.64 bits per heavy atom. The average molecular weight is 295 g/mol. The second-order valence-electron chi connectivity index (χ2n) is 5.67. The smallest absolute Gasteiger partial charge is 0.167 e. The van der Waals surface area contributed by atoms with Crippen molar-refractivity contribution in [3.8, 4) is 5.75 Å². The highest BCUT2D eigenvalue weighted by Crippen LogP contribution is 2.21. The van der Waals surface area contributed by atoms with E-state index in [0.29, 0.717) is 17.7 Å². The molecule has 3 rings (SSSR count). The van der Waals surface area contributed by atoms with Gasteiger partial charge in [-0.25, -0.2) is 0 Å². The molecule has 0 radical (unpaired) electrons. The molecule has 0 aliphatic carbocycles. The van der Waals surface area contributed by atoms with Crippen molar-refractivity contribution < 1.29 is 9.53 Å². The number of carbonyl (C=O) groups excluding carboxylic acids is 1. The molecule has 0 saturated heterocycles. The van der Waals surface area contributed by atoms with Crippen LogP contribution in [-0.4, -0.2) is 30.9 Å².